The molecule has 0 spiro atoms. The van der Waals surface area contributed by atoms with Gasteiger partial charge in [0.15, 0.2) is 16.8 Å². The van der Waals surface area contributed by atoms with E-state index in [0.29, 0.717) is 10.7 Å². The van der Waals surface area contributed by atoms with Crippen molar-refractivity contribution in [3.63, 3.8) is 0 Å². The second-order valence-electron chi connectivity index (χ2n) is 6.92. The predicted octanol–water partition coefficient (Wildman–Crippen LogP) is 5.99. The molecule has 1 aromatic heterocycles. The van der Waals surface area contributed by atoms with Crippen molar-refractivity contribution in [3.8, 4) is 22.8 Å². The molecule has 4 aromatic rings. The van der Waals surface area contributed by atoms with Crippen molar-refractivity contribution in [2.75, 3.05) is 12.9 Å². The van der Waals surface area contributed by atoms with E-state index < -0.39 is 0 Å². The number of carbonyl (C=O) groups excluding carboxylic acids is 1. The number of Topliss-reactive ketones (excluding diaryl/α,β-unsaturated/α-hetero) is 1. The highest BCUT2D eigenvalue weighted by atomic mass is 79.9. The number of hydrogen-bond donors (Lipinski definition) is 0. The Kier molecular flexibility index (Phi) is 6.53. The van der Waals surface area contributed by atoms with Crippen LogP contribution in [0.2, 0.25) is 0 Å². The van der Waals surface area contributed by atoms with E-state index >= 15 is 0 Å². The molecule has 3 aromatic carbocycles. The Balaban J connectivity index is 1.67. The van der Waals surface area contributed by atoms with E-state index in [-0.39, 0.29) is 11.5 Å². The molecule has 0 saturated heterocycles. The van der Waals surface area contributed by atoms with Crippen LogP contribution in [0.3, 0.4) is 0 Å². The summed E-state index contributed by atoms with van der Waals surface area (Å²) < 4.78 is 8.21. The molecule has 0 fully saturated rings. The van der Waals surface area contributed by atoms with Crippen LogP contribution in [-0.4, -0.2) is 33.4 Å². The number of hydrogen-bond acceptors (Lipinski definition) is 5. The van der Waals surface area contributed by atoms with Gasteiger partial charge in [0.2, 0.25) is 0 Å². The molecule has 0 radical (unpaired) electrons. The third kappa shape index (κ3) is 4.89. The maximum absolute atomic E-state index is 12.7. The van der Waals surface area contributed by atoms with Crippen LogP contribution in [0.5, 0.6) is 5.75 Å². The van der Waals surface area contributed by atoms with Gasteiger partial charge in [-0.15, -0.1) is 10.2 Å². The van der Waals surface area contributed by atoms with Gasteiger partial charge in [-0.1, -0.05) is 69.7 Å². The summed E-state index contributed by atoms with van der Waals surface area (Å²) in [7, 11) is 1.64. The summed E-state index contributed by atoms with van der Waals surface area (Å²) in [5.41, 5.74) is 3.71. The number of rotatable bonds is 7. The van der Waals surface area contributed by atoms with Gasteiger partial charge in [-0.3, -0.25) is 9.36 Å². The molecule has 4 rings (SSSR count). The number of ketones is 1. The number of aryl methyl sites for hydroxylation is 1. The number of aromatic nitrogens is 3. The number of methoxy groups -OCH3 is 1. The second kappa shape index (κ2) is 9.49. The number of nitrogens with zero attached hydrogens (tertiary/aromatic N) is 3. The third-order valence-corrected chi connectivity index (χ3v) is 6.23. The van der Waals surface area contributed by atoms with E-state index in [0.717, 1.165) is 27.3 Å². The molecule has 31 heavy (non-hydrogen) atoms. The molecule has 0 aliphatic heterocycles. The Morgan fingerprint density at radius 3 is 2.29 bits per heavy atom. The van der Waals surface area contributed by atoms with Crippen molar-refractivity contribution in [2.45, 2.75) is 12.1 Å². The fourth-order valence-electron chi connectivity index (χ4n) is 3.07. The van der Waals surface area contributed by atoms with Gasteiger partial charge in [0.25, 0.3) is 0 Å². The molecule has 0 aliphatic rings. The lowest BCUT2D eigenvalue weighted by Gasteiger charge is -2.11. The lowest BCUT2D eigenvalue weighted by Crippen LogP contribution is -2.05. The van der Waals surface area contributed by atoms with Crippen LogP contribution in [0.4, 0.5) is 0 Å². The number of carbonyl (C=O) groups is 1. The van der Waals surface area contributed by atoms with Crippen LogP contribution in [0, 0.1) is 6.92 Å². The predicted molar refractivity (Wildman–Crippen MR) is 127 cm³/mol. The summed E-state index contributed by atoms with van der Waals surface area (Å²) in [6.45, 7) is 2.05. The summed E-state index contributed by atoms with van der Waals surface area (Å²) in [6.07, 6.45) is 0. The number of thioether (sulfide) groups is 1. The van der Waals surface area contributed by atoms with E-state index in [1.165, 1.54) is 17.3 Å². The molecule has 156 valence electrons. The fraction of sp³-hybridized carbons (Fsp3) is 0.125. The zero-order valence-corrected chi connectivity index (χ0v) is 19.5. The van der Waals surface area contributed by atoms with Crippen molar-refractivity contribution in [2.24, 2.45) is 0 Å². The zero-order valence-electron chi connectivity index (χ0n) is 17.1. The Bertz CT molecular complexity index is 1190. The molecular formula is C24H20BrN3O2S. The quantitative estimate of drug-likeness (QED) is 0.233. The van der Waals surface area contributed by atoms with E-state index in [1.54, 1.807) is 7.11 Å². The monoisotopic (exact) mass is 493 g/mol. The molecule has 0 unspecified atom stereocenters. The van der Waals surface area contributed by atoms with Gasteiger partial charge in [0.1, 0.15) is 5.75 Å². The van der Waals surface area contributed by atoms with Crippen LogP contribution >= 0.6 is 27.7 Å². The molecule has 0 saturated carbocycles. The van der Waals surface area contributed by atoms with Gasteiger partial charge < -0.3 is 4.74 Å². The number of halogens is 1. The minimum Gasteiger partial charge on any atom is -0.497 e. The van der Waals surface area contributed by atoms with Crippen LogP contribution in [0.15, 0.2) is 82.4 Å². The molecule has 0 N–H and O–H groups in total. The summed E-state index contributed by atoms with van der Waals surface area (Å²) in [4.78, 5) is 12.7. The highest BCUT2D eigenvalue weighted by Crippen LogP contribution is 2.29. The summed E-state index contributed by atoms with van der Waals surface area (Å²) >= 11 is 4.77. The zero-order chi connectivity index (χ0) is 21.8. The van der Waals surface area contributed by atoms with E-state index in [1.807, 2.05) is 84.3 Å². The molecular weight excluding hydrogens is 474 g/mol. The Morgan fingerprint density at radius 1 is 0.968 bits per heavy atom. The normalized spacial score (nSPS) is 10.8. The number of benzene rings is 3. The first-order chi connectivity index (χ1) is 15.0. The van der Waals surface area contributed by atoms with Crippen molar-refractivity contribution >= 4 is 33.5 Å². The molecule has 0 aliphatic carbocycles. The lowest BCUT2D eigenvalue weighted by molar-refractivity contribution is 0.102. The van der Waals surface area contributed by atoms with Gasteiger partial charge in [0.05, 0.1) is 12.9 Å². The average Bonchev–Trinajstić information content (AvgIpc) is 3.22. The minimum atomic E-state index is 0.0404. The van der Waals surface area contributed by atoms with Crippen molar-refractivity contribution in [1.82, 2.24) is 14.8 Å². The van der Waals surface area contributed by atoms with Crippen LogP contribution < -0.4 is 4.74 Å². The van der Waals surface area contributed by atoms with Gasteiger partial charge >= 0.3 is 0 Å². The third-order valence-electron chi connectivity index (χ3n) is 4.77. The maximum atomic E-state index is 12.7. The molecule has 5 nitrogen and oxygen atoms in total. The SMILES string of the molecule is COc1ccc(-n2c(SCC(=O)c3ccc(Br)cc3)nnc2-c2ccc(C)cc2)cc1. The first-order valence-corrected chi connectivity index (χ1v) is 11.4. The van der Waals surface area contributed by atoms with E-state index in [9.17, 15) is 4.79 Å². The first kappa shape index (κ1) is 21.3. The highest BCUT2D eigenvalue weighted by Gasteiger charge is 2.18. The average molecular weight is 494 g/mol. The minimum absolute atomic E-state index is 0.0404. The topological polar surface area (TPSA) is 57.0 Å². The van der Waals surface area contributed by atoms with Crippen LogP contribution in [-0.2, 0) is 0 Å². The van der Waals surface area contributed by atoms with Gasteiger partial charge in [0, 0.05) is 21.3 Å². The van der Waals surface area contributed by atoms with Crippen LogP contribution in [0.1, 0.15) is 15.9 Å². The molecule has 0 bridgehead atoms. The van der Waals surface area contributed by atoms with Crippen LogP contribution in [0.25, 0.3) is 17.1 Å². The van der Waals surface area contributed by atoms with E-state index in [4.69, 9.17) is 4.74 Å². The van der Waals surface area contributed by atoms with Gasteiger partial charge in [-0.25, -0.2) is 0 Å². The van der Waals surface area contributed by atoms with Crippen molar-refractivity contribution < 1.29 is 9.53 Å². The summed E-state index contributed by atoms with van der Waals surface area (Å²) in [5.74, 6) is 1.81. The highest BCUT2D eigenvalue weighted by molar-refractivity contribution is 9.10. The largest absolute Gasteiger partial charge is 0.497 e. The summed E-state index contributed by atoms with van der Waals surface area (Å²) in [6, 6.07) is 23.2. The maximum Gasteiger partial charge on any atom is 0.196 e. The number of ether oxygens (including phenoxy) is 1. The Labute approximate surface area is 193 Å². The standard InChI is InChI=1S/C24H20BrN3O2S/c1-16-3-5-18(6-4-16)23-26-27-24(28(23)20-11-13-21(30-2)14-12-20)31-15-22(29)17-7-9-19(25)10-8-17/h3-14H,15H2,1-2H3. The Hall–Kier alpha value is -2.90. The van der Waals surface area contributed by atoms with Gasteiger partial charge in [-0.05, 0) is 43.3 Å². The molecule has 0 atom stereocenters. The molecule has 1 heterocycles. The molecule has 0 amide bonds. The fourth-order valence-corrected chi connectivity index (χ4v) is 4.18. The second-order valence-corrected chi connectivity index (χ2v) is 8.78. The Morgan fingerprint density at radius 2 is 1.65 bits per heavy atom. The van der Waals surface area contributed by atoms with Crippen molar-refractivity contribution in [3.05, 3.63) is 88.4 Å². The first-order valence-electron chi connectivity index (χ1n) is 9.63. The lowest BCUT2D eigenvalue weighted by atomic mass is 10.1. The van der Waals surface area contributed by atoms with Gasteiger partial charge in [-0.2, -0.15) is 0 Å². The summed E-state index contributed by atoms with van der Waals surface area (Å²) in [5, 5.41) is 9.50. The van der Waals surface area contributed by atoms with E-state index in [2.05, 4.69) is 26.1 Å². The van der Waals surface area contributed by atoms with Crippen molar-refractivity contribution in [1.29, 1.82) is 0 Å². The molecule has 7 heteroatoms. The smallest absolute Gasteiger partial charge is 0.196 e.